The Hall–Kier alpha value is 0.394. The Labute approximate surface area is 61.9 Å². The van der Waals surface area contributed by atoms with Crippen LogP contribution in [-0.4, -0.2) is 18.1 Å². The van der Waals surface area contributed by atoms with Crippen molar-refractivity contribution in [3.63, 3.8) is 0 Å². The van der Waals surface area contributed by atoms with Crippen molar-refractivity contribution in [2.24, 2.45) is 0 Å². The second kappa shape index (κ2) is 4.25. The van der Waals surface area contributed by atoms with Gasteiger partial charge in [0.2, 0.25) is 0 Å². The summed E-state index contributed by atoms with van der Waals surface area (Å²) in [6, 6.07) is 0. The third kappa shape index (κ3) is 4.87. The van der Waals surface area contributed by atoms with E-state index in [-0.39, 0.29) is 0 Å². The molecule has 9 heavy (non-hydrogen) atoms. The maximum Gasteiger partial charge on any atom is 0.197 e. The molecule has 0 atom stereocenters. The minimum atomic E-state index is -0.461. The molecule has 0 aromatic heterocycles. The SMILES string of the molecule is CC(C)[Si](C)O[Si](C)C. The van der Waals surface area contributed by atoms with Crippen molar-refractivity contribution in [2.75, 3.05) is 0 Å². The van der Waals surface area contributed by atoms with Crippen LogP contribution in [0, 0.1) is 0 Å². The lowest BCUT2D eigenvalue weighted by molar-refractivity contribution is 0.583. The van der Waals surface area contributed by atoms with Gasteiger partial charge in [-0.25, -0.2) is 0 Å². The molecule has 0 aromatic carbocycles. The van der Waals surface area contributed by atoms with Gasteiger partial charge >= 0.3 is 0 Å². The van der Waals surface area contributed by atoms with Crippen molar-refractivity contribution in [2.45, 2.75) is 39.0 Å². The quantitative estimate of drug-likeness (QED) is 0.576. The van der Waals surface area contributed by atoms with Gasteiger partial charge < -0.3 is 4.12 Å². The standard InChI is InChI=1S/C6H16OSi2/c1-6(2)9(5)7-8(3)4/h6H,1-5H3. The fourth-order valence-electron chi connectivity index (χ4n) is 0.440. The Kier molecular flexibility index (Phi) is 4.43. The topological polar surface area (TPSA) is 9.23 Å². The molecule has 0 spiro atoms. The van der Waals surface area contributed by atoms with Crippen LogP contribution in [0.2, 0.25) is 25.2 Å². The van der Waals surface area contributed by atoms with Gasteiger partial charge in [0.1, 0.15) is 0 Å². The molecule has 0 heterocycles. The minimum Gasteiger partial charge on any atom is -0.456 e. The molecule has 0 aliphatic rings. The van der Waals surface area contributed by atoms with E-state index in [2.05, 4.69) is 33.5 Å². The molecular weight excluding hydrogens is 144 g/mol. The van der Waals surface area contributed by atoms with Crippen molar-refractivity contribution in [3.8, 4) is 0 Å². The summed E-state index contributed by atoms with van der Waals surface area (Å²) >= 11 is 0. The number of rotatable bonds is 3. The minimum absolute atomic E-state index is 0.433. The summed E-state index contributed by atoms with van der Waals surface area (Å²) < 4.78 is 5.72. The van der Waals surface area contributed by atoms with Crippen molar-refractivity contribution in [1.82, 2.24) is 0 Å². The lowest BCUT2D eigenvalue weighted by atomic mass is 10.6. The first-order valence-corrected chi connectivity index (χ1v) is 7.75. The summed E-state index contributed by atoms with van der Waals surface area (Å²) in [5.41, 5.74) is 0.759. The van der Waals surface area contributed by atoms with Crippen molar-refractivity contribution < 1.29 is 4.12 Å². The van der Waals surface area contributed by atoms with E-state index in [4.69, 9.17) is 4.12 Å². The molecule has 0 aliphatic carbocycles. The van der Waals surface area contributed by atoms with E-state index in [0.29, 0.717) is 0 Å². The van der Waals surface area contributed by atoms with Crippen LogP contribution in [0.1, 0.15) is 13.8 Å². The maximum absolute atomic E-state index is 5.72. The lowest BCUT2D eigenvalue weighted by Crippen LogP contribution is -2.24. The van der Waals surface area contributed by atoms with E-state index < -0.39 is 18.1 Å². The molecule has 0 aromatic rings. The molecule has 0 saturated heterocycles. The molecule has 0 amide bonds. The summed E-state index contributed by atoms with van der Waals surface area (Å²) in [6.07, 6.45) is 0. The lowest BCUT2D eigenvalue weighted by Gasteiger charge is -2.15. The van der Waals surface area contributed by atoms with E-state index in [0.717, 1.165) is 5.54 Å². The molecule has 2 radical (unpaired) electrons. The van der Waals surface area contributed by atoms with Crippen molar-refractivity contribution in [1.29, 1.82) is 0 Å². The zero-order valence-corrected chi connectivity index (χ0v) is 8.99. The molecule has 54 valence electrons. The van der Waals surface area contributed by atoms with Crippen LogP contribution in [0.25, 0.3) is 0 Å². The summed E-state index contributed by atoms with van der Waals surface area (Å²) in [7, 11) is -0.894. The second-order valence-corrected chi connectivity index (χ2v) is 7.78. The van der Waals surface area contributed by atoms with E-state index >= 15 is 0 Å². The molecule has 0 aliphatic heterocycles. The fraction of sp³-hybridized carbons (Fsp3) is 1.00. The predicted octanol–water partition coefficient (Wildman–Crippen LogP) is 2.29. The highest BCUT2D eigenvalue weighted by atomic mass is 28.4. The Balaban J connectivity index is 3.38. The van der Waals surface area contributed by atoms with Crippen LogP contribution >= 0.6 is 0 Å². The van der Waals surface area contributed by atoms with Gasteiger partial charge in [-0.2, -0.15) is 0 Å². The smallest absolute Gasteiger partial charge is 0.197 e. The maximum atomic E-state index is 5.72. The van der Waals surface area contributed by atoms with Crippen LogP contribution in [0.4, 0.5) is 0 Å². The highest BCUT2D eigenvalue weighted by Crippen LogP contribution is 2.08. The van der Waals surface area contributed by atoms with Gasteiger partial charge in [-0.3, -0.25) is 0 Å². The zero-order chi connectivity index (χ0) is 7.44. The van der Waals surface area contributed by atoms with E-state index in [1.54, 1.807) is 0 Å². The molecule has 1 nitrogen and oxygen atoms in total. The van der Waals surface area contributed by atoms with Gasteiger partial charge in [-0.1, -0.05) is 13.8 Å². The van der Waals surface area contributed by atoms with Gasteiger partial charge in [-0.05, 0) is 25.2 Å². The summed E-state index contributed by atoms with van der Waals surface area (Å²) in [4.78, 5) is 0. The van der Waals surface area contributed by atoms with Gasteiger partial charge in [0, 0.05) is 0 Å². The third-order valence-electron chi connectivity index (χ3n) is 1.18. The Morgan fingerprint density at radius 1 is 1.11 bits per heavy atom. The van der Waals surface area contributed by atoms with Gasteiger partial charge in [-0.15, -0.1) is 0 Å². The molecule has 0 bridgehead atoms. The molecule has 0 rings (SSSR count). The summed E-state index contributed by atoms with van der Waals surface area (Å²) in [6.45, 7) is 11.1. The molecule has 3 heteroatoms. The Morgan fingerprint density at radius 2 is 1.56 bits per heavy atom. The van der Waals surface area contributed by atoms with Crippen molar-refractivity contribution >= 4 is 18.1 Å². The Bertz CT molecular complexity index is 73.5. The van der Waals surface area contributed by atoms with E-state index in [1.807, 2.05) is 0 Å². The zero-order valence-electron chi connectivity index (χ0n) is 6.99. The van der Waals surface area contributed by atoms with Crippen LogP contribution in [0.5, 0.6) is 0 Å². The summed E-state index contributed by atoms with van der Waals surface area (Å²) in [5.74, 6) is 0. The molecular formula is C6H16OSi2. The molecule has 0 N–H and O–H groups in total. The largest absolute Gasteiger partial charge is 0.456 e. The first-order valence-electron chi connectivity index (χ1n) is 3.35. The first kappa shape index (κ1) is 9.39. The van der Waals surface area contributed by atoms with E-state index in [9.17, 15) is 0 Å². The average molecular weight is 160 g/mol. The predicted molar refractivity (Wildman–Crippen MR) is 45.3 cm³/mol. The fourth-order valence-corrected chi connectivity index (χ4v) is 3.96. The van der Waals surface area contributed by atoms with Gasteiger partial charge in [0.25, 0.3) is 0 Å². The number of hydrogen-bond acceptors (Lipinski definition) is 1. The summed E-state index contributed by atoms with van der Waals surface area (Å²) in [5, 5.41) is 0. The number of hydrogen-bond donors (Lipinski definition) is 0. The first-order chi connectivity index (χ1) is 4.04. The van der Waals surface area contributed by atoms with Gasteiger partial charge in [0.05, 0.1) is 0 Å². The monoisotopic (exact) mass is 160 g/mol. The Morgan fingerprint density at radius 3 is 1.67 bits per heavy atom. The van der Waals surface area contributed by atoms with Crippen LogP contribution in [0.3, 0.4) is 0 Å². The highest BCUT2D eigenvalue weighted by Gasteiger charge is 2.12. The van der Waals surface area contributed by atoms with Crippen LogP contribution < -0.4 is 0 Å². The molecule has 0 fully saturated rings. The van der Waals surface area contributed by atoms with Crippen LogP contribution in [-0.2, 0) is 4.12 Å². The average Bonchev–Trinajstić information content (AvgIpc) is 1.63. The van der Waals surface area contributed by atoms with E-state index in [1.165, 1.54) is 0 Å². The normalized spacial score (nSPS) is 12.0. The molecule has 0 unspecified atom stereocenters. The molecule has 0 saturated carbocycles. The third-order valence-corrected chi connectivity index (χ3v) is 5.73. The highest BCUT2D eigenvalue weighted by molar-refractivity contribution is 6.64. The van der Waals surface area contributed by atoms with Crippen LogP contribution in [0.15, 0.2) is 0 Å². The second-order valence-electron chi connectivity index (χ2n) is 2.78. The van der Waals surface area contributed by atoms with Crippen molar-refractivity contribution in [3.05, 3.63) is 0 Å². The van der Waals surface area contributed by atoms with Gasteiger partial charge in [0.15, 0.2) is 18.1 Å².